The first-order valence-corrected chi connectivity index (χ1v) is 17.8. The molecule has 0 aliphatic heterocycles. The van der Waals surface area contributed by atoms with Crippen LogP contribution in [0.3, 0.4) is 0 Å². The van der Waals surface area contributed by atoms with E-state index in [4.69, 9.17) is 0 Å². The summed E-state index contributed by atoms with van der Waals surface area (Å²) >= 11 is 0. The lowest BCUT2D eigenvalue weighted by Crippen LogP contribution is -2.10. The zero-order valence-corrected chi connectivity index (χ0v) is 28.7. The Labute approximate surface area is 305 Å². The second-order valence-electron chi connectivity index (χ2n) is 13.0. The van der Waals surface area contributed by atoms with Gasteiger partial charge in [0.25, 0.3) is 0 Å². The van der Waals surface area contributed by atoms with E-state index in [1.807, 2.05) is 0 Å². The molecule has 0 heterocycles. The topological polar surface area (TPSA) is 6.48 Å². The molecular formula is C50H36N2. The number of anilines is 6. The standard InChI is InChI=1S/C50H36N2/c1-4-13-37(14-5-1)38-23-29-45(30-24-38)51(43-17-6-2-7-18-43)47-33-25-39-26-34-48(36-42(39)35-47)52(44-19-8-3-9-20-44)46-31-27-41(28-32-46)50-22-12-16-40-15-10-11-21-49(40)50/h1-36H. The molecule has 0 unspecified atom stereocenters. The van der Waals surface area contributed by atoms with Gasteiger partial charge in [0, 0.05) is 34.1 Å². The van der Waals surface area contributed by atoms with Gasteiger partial charge in [0.05, 0.1) is 0 Å². The molecule has 0 spiro atoms. The number of para-hydroxylation sites is 2. The normalized spacial score (nSPS) is 11.1. The minimum atomic E-state index is 1.10. The highest BCUT2D eigenvalue weighted by Gasteiger charge is 2.16. The maximum Gasteiger partial charge on any atom is 0.0468 e. The van der Waals surface area contributed by atoms with Crippen molar-refractivity contribution in [2.45, 2.75) is 0 Å². The van der Waals surface area contributed by atoms with Gasteiger partial charge in [-0.2, -0.15) is 0 Å². The average molecular weight is 665 g/mol. The fourth-order valence-corrected chi connectivity index (χ4v) is 7.25. The largest absolute Gasteiger partial charge is 0.310 e. The monoisotopic (exact) mass is 664 g/mol. The number of hydrogen-bond acceptors (Lipinski definition) is 2. The second kappa shape index (κ2) is 13.8. The molecule has 0 aliphatic carbocycles. The smallest absolute Gasteiger partial charge is 0.0468 e. The molecule has 0 atom stereocenters. The van der Waals surface area contributed by atoms with Crippen LogP contribution in [0, 0.1) is 0 Å². The maximum atomic E-state index is 2.34. The Hall–Kier alpha value is -6.90. The second-order valence-corrected chi connectivity index (χ2v) is 13.0. The third-order valence-electron chi connectivity index (χ3n) is 9.81. The first-order chi connectivity index (χ1) is 25.8. The molecule has 246 valence electrons. The van der Waals surface area contributed by atoms with Crippen molar-refractivity contribution in [3.8, 4) is 22.3 Å². The van der Waals surface area contributed by atoms with Crippen LogP contribution in [0.25, 0.3) is 43.8 Å². The van der Waals surface area contributed by atoms with Gasteiger partial charge in [-0.25, -0.2) is 0 Å². The first-order valence-electron chi connectivity index (χ1n) is 17.8. The SMILES string of the molecule is c1ccc(-c2ccc(N(c3ccccc3)c3ccc4ccc(N(c5ccccc5)c5ccc(-c6cccc7ccccc67)cc5)cc4c3)cc2)cc1. The zero-order valence-electron chi connectivity index (χ0n) is 28.7. The molecule has 52 heavy (non-hydrogen) atoms. The van der Waals surface area contributed by atoms with Crippen LogP contribution < -0.4 is 9.80 Å². The molecule has 2 nitrogen and oxygen atoms in total. The Balaban J connectivity index is 1.11. The van der Waals surface area contributed by atoms with Gasteiger partial charge in [-0.1, -0.05) is 146 Å². The summed E-state index contributed by atoms with van der Waals surface area (Å²) in [4.78, 5) is 4.68. The van der Waals surface area contributed by atoms with E-state index in [1.54, 1.807) is 0 Å². The Morgan fingerprint density at radius 3 is 1.23 bits per heavy atom. The predicted octanol–water partition coefficient (Wildman–Crippen LogP) is 14.3. The van der Waals surface area contributed by atoms with E-state index < -0.39 is 0 Å². The van der Waals surface area contributed by atoms with E-state index in [0.29, 0.717) is 0 Å². The summed E-state index contributed by atoms with van der Waals surface area (Å²) in [5.74, 6) is 0. The van der Waals surface area contributed by atoms with Gasteiger partial charge >= 0.3 is 0 Å². The highest BCUT2D eigenvalue weighted by Crippen LogP contribution is 2.40. The Morgan fingerprint density at radius 2 is 0.654 bits per heavy atom. The summed E-state index contributed by atoms with van der Waals surface area (Å²) in [6.45, 7) is 0. The van der Waals surface area contributed by atoms with E-state index in [1.165, 1.54) is 43.8 Å². The fraction of sp³-hybridized carbons (Fsp3) is 0. The van der Waals surface area contributed by atoms with Crippen LogP contribution in [0.5, 0.6) is 0 Å². The highest BCUT2D eigenvalue weighted by atomic mass is 15.1. The number of hydrogen-bond donors (Lipinski definition) is 0. The Bertz CT molecular complexity index is 2590. The summed E-state index contributed by atoms with van der Waals surface area (Å²) in [6.07, 6.45) is 0. The quantitative estimate of drug-likeness (QED) is 0.159. The van der Waals surface area contributed by atoms with Gasteiger partial charge in [-0.15, -0.1) is 0 Å². The van der Waals surface area contributed by atoms with Crippen molar-refractivity contribution in [3.05, 3.63) is 218 Å². The maximum absolute atomic E-state index is 2.34. The summed E-state index contributed by atoms with van der Waals surface area (Å²) in [5.41, 5.74) is 11.5. The van der Waals surface area contributed by atoms with Crippen LogP contribution in [-0.4, -0.2) is 0 Å². The molecule has 0 aromatic heterocycles. The molecular weight excluding hydrogens is 629 g/mol. The lowest BCUT2D eigenvalue weighted by Gasteiger charge is -2.27. The molecule has 0 bridgehead atoms. The van der Waals surface area contributed by atoms with Gasteiger partial charge in [-0.3, -0.25) is 0 Å². The van der Waals surface area contributed by atoms with Crippen LogP contribution in [-0.2, 0) is 0 Å². The van der Waals surface area contributed by atoms with Crippen LogP contribution in [0.2, 0.25) is 0 Å². The zero-order chi connectivity index (χ0) is 34.7. The minimum absolute atomic E-state index is 1.10. The lowest BCUT2D eigenvalue weighted by atomic mass is 9.98. The minimum Gasteiger partial charge on any atom is -0.310 e. The average Bonchev–Trinajstić information content (AvgIpc) is 3.22. The summed E-state index contributed by atoms with van der Waals surface area (Å²) in [7, 11) is 0. The Morgan fingerprint density at radius 1 is 0.231 bits per heavy atom. The fourth-order valence-electron chi connectivity index (χ4n) is 7.25. The van der Waals surface area contributed by atoms with Crippen molar-refractivity contribution < 1.29 is 0 Å². The van der Waals surface area contributed by atoms with Gasteiger partial charge in [0.15, 0.2) is 0 Å². The van der Waals surface area contributed by atoms with Crippen LogP contribution in [0.4, 0.5) is 34.1 Å². The third kappa shape index (κ3) is 6.08. The van der Waals surface area contributed by atoms with Crippen molar-refractivity contribution in [1.82, 2.24) is 0 Å². The lowest BCUT2D eigenvalue weighted by molar-refractivity contribution is 1.28. The van der Waals surface area contributed by atoms with E-state index in [2.05, 4.69) is 228 Å². The van der Waals surface area contributed by atoms with Gasteiger partial charge < -0.3 is 9.80 Å². The molecule has 9 aromatic carbocycles. The third-order valence-corrected chi connectivity index (χ3v) is 9.81. The van der Waals surface area contributed by atoms with Crippen molar-refractivity contribution >= 4 is 55.7 Å². The number of nitrogens with zero attached hydrogens (tertiary/aromatic N) is 2. The van der Waals surface area contributed by atoms with Crippen molar-refractivity contribution in [2.24, 2.45) is 0 Å². The van der Waals surface area contributed by atoms with Gasteiger partial charge in [0.1, 0.15) is 0 Å². The number of fused-ring (bicyclic) bond motifs is 2. The van der Waals surface area contributed by atoms with E-state index in [-0.39, 0.29) is 0 Å². The Kier molecular flexibility index (Phi) is 8.24. The molecule has 0 N–H and O–H groups in total. The van der Waals surface area contributed by atoms with E-state index in [9.17, 15) is 0 Å². The molecule has 9 rings (SSSR count). The molecule has 9 aromatic rings. The molecule has 0 radical (unpaired) electrons. The molecule has 0 saturated carbocycles. The molecule has 2 heteroatoms. The van der Waals surface area contributed by atoms with Crippen LogP contribution in [0.1, 0.15) is 0 Å². The number of benzene rings is 9. The molecule has 0 saturated heterocycles. The molecule has 0 fully saturated rings. The van der Waals surface area contributed by atoms with Crippen molar-refractivity contribution in [3.63, 3.8) is 0 Å². The molecule has 0 amide bonds. The van der Waals surface area contributed by atoms with Crippen molar-refractivity contribution in [2.75, 3.05) is 9.80 Å². The summed E-state index contributed by atoms with van der Waals surface area (Å²) in [6, 6.07) is 78.3. The summed E-state index contributed by atoms with van der Waals surface area (Å²) < 4.78 is 0. The predicted molar refractivity (Wildman–Crippen MR) is 222 cm³/mol. The highest BCUT2D eigenvalue weighted by molar-refractivity contribution is 5.97. The van der Waals surface area contributed by atoms with Crippen LogP contribution in [0.15, 0.2) is 218 Å². The first kappa shape index (κ1) is 31.1. The van der Waals surface area contributed by atoms with Gasteiger partial charge in [0.2, 0.25) is 0 Å². The van der Waals surface area contributed by atoms with E-state index >= 15 is 0 Å². The summed E-state index contributed by atoms with van der Waals surface area (Å²) in [5, 5.41) is 4.88. The number of rotatable bonds is 8. The molecule has 0 aliphatic rings. The van der Waals surface area contributed by atoms with Gasteiger partial charge in [-0.05, 0) is 117 Å². The van der Waals surface area contributed by atoms with E-state index in [0.717, 1.165) is 34.1 Å². The van der Waals surface area contributed by atoms with Crippen LogP contribution >= 0.6 is 0 Å². The van der Waals surface area contributed by atoms with Crippen molar-refractivity contribution in [1.29, 1.82) is 0 Å².